The molecule has 0 amide bonds. The molecule has 8 fully saturated rings. The molecule has 16 nitrogen and oxygen atoms in total. The van der Waals surface area contributed by atoms with Crippen LogP contribution in [0.15, 0.2) is 196 Å². The molecule has 109 heavy (non-hydrogen) atoms. The first kappa shape index (κ1) is 68.9. The van der Waals surface area contributed by atoms with Gasteiger partial charge in [-0.25, -0.2) is 19.9 Å². The molecule has 560 valence electrons. The predicted octanol–water partition coefficient (Wildman–Crippen LogP) is 17.9. The first-order chi connectivity index (χ1) is 53.1. The van der Waals surface area contributed by atoms with Gasteiger partial charge in [-0.3, -0.25) is 0 Å². The van der Waals surface area contributed by atoms with Crippen LogP contribution in [0.5, 0.6) is 23.0 Å². The zero-order chi connectivity index (χ0) is 71.4. The highest BCUT2D eigenvalue weighted by atomic mass is 16.5. The average molecular weight is 1450 g/mol. The summed E-state index contributed by atoms with van der Waals surface area (Å²) >= 11 is 0. The number of aromatic nitrogens is 8. The molecule has 4 spiro atoms. The quantitative estimate of drug-likeness (QED) is 0.167. The summed E-state index contributed by atoms with van der Waals surface area (Å²) in [5.74, 6) is 4.41. The first-order valence-corrected chi connectivity index (χ1v) is 41.1. The maximum Gasteiger partial charge on any atom is 0.136 e. The summed E-state index contributed by atoms with van der Waals surface area (Å²) < 4.78 is 34.7. The molecule has 0 radical (unpaired) electrons. The highest BCUT2D eigenvalue weighted by Gasteiger charge is 2.50. The number of hydrogen-bond acceptors (Lipinski definition) is 12. The smallest absolute Gasteiger partial charge is 0.136 e. The van der Waals surface area contributed by atoms with E-state index in [4.69, 9.17) is 18.9 Å². The molecule has 0 bridgehead atoms. The molecule has 12 aliphatic heterocycles. The Labute approximate surface area is 641 Å². The molecule has 20 heterocycles. The van der Waals surface area contributed by atoms with Gasteiger partial charge < -0.3 is 56.1 Å². The molecule has 24 rings (SSSR count). The fraction of sp³-hybridized carbons (Fsp3) is 0.441. The number of hydrogen-bond donors (Lipinski definition) is 0. The van der Waals surface area contributed by atoms with Crippen LogP contribution >= 0.6 is 0 Å². The van der Waals surface area contributed by atoms with Gasteiger partial charge in [0, 0.05) is 202 Å². The van der Waals surface area contributed by atoms with Crippen molar-refractivity contribution < 1.29 is 18.9 Å². The Morgan fingerprint density at radius 2 is 0.514 bits per heavy atom. The summed E-state index contributed by atoms with van der Waals surface area (Å²) in [5.41, 5.74) is 19.6. The Morgan fingerprint density at radius 3 is 0.761 bits per heavy atom. The van der Waals surface area contributed by atoms with E-state index in [1.54, 1.807) is 0 Å². The second-order valence-corrected chi connectivity index (χ2v) is 34.1. The van der Waals surface area contributed by atoms with Gasteiger partial charge in [0.2, 0.25) is 0 Å². The van der Waals surface area contributed by atoms with E-state index in [2.05, 4.69) is 203 Å². The second-order valence-electron chi connectivity index (χ2n) is 34.1. The maximum absolute atomic E-state index is 6.59. The minimum absolute atomic E-state index is 0. The van der Waals surface area contributed by atoms with E-state index in [1.165, 1.54) is 222 Å². The van der Waals surface area contributed by atoms with E-state index in [0.717, 1.165) is 121 Å². The average Bonchev–Trinajstić information content (AvgIpc) is 1.63. The lowest BCUT2D eigenvalue weighted by Crippen LogP contribution is -2.54. The number of imidazole rings is 4. The van der Waals surface area contributed by atoms with Gasteiger partial charge in [0.25, 0.3) is 0 Å². The van der Waals surface area contributed by atoms with E-state index in [0.29, 0.717) is 0 Å². The van der Waals surface area contributed by atoms with Crippen LogP contribution in [0.4, 0.5) is 0 Å². The van der Waals surface area contributed by atoms with Crippen LogP contribution in [0, 0.1) is 0 Å². The minimum atomic E-state index is 0. The van der Waals surface area contributed by atoms with E-state index < -0.39 is 0 Å². The van der Waals surface area contributed by atoms with E-state index >= 15 is 0 Å². The van der Waals surface area contributed by atoms with Crippen LogP contribution in [-0.2, 0) is 25.7 Å². The molecule has 12 aromatic rings. The fourth-order valence-electron chi connectivity index (χ4n) is 21.7. The summed E-state index contributed by atoms with van der Waals surface area (Å²) in [7, 11) is 0. The molecule has 12 aliphatic rings. The van der Waals surface area contributed by atoms with Crippen molar-refractivity contribution in [2.75, 3.05) is 52.4 Å². The lowest BCUT2D eigenvalue weighted by Gasteiger charge is -2.46. The Morgan fingerprint density at radius 1 is 0.275 bits per heavy atom. The standard InChI is InChI=1S/4C23H25N3O.CH4/c4*1-2-10-25-11-8-23(15-20(25)3-1)14-19-13-17(4-6-21(19)27-23)18-5-7-22-24-9-12-26(22)16-18;/h4*4-7,9,12-13,16,20H,1-3,8,10-11,14-15H2;1H4/t2*20-,23+;2*20-,23-;/m1010./s1. The van der Waals surface area contributed by atoms with Gasteiger partial charge in [-0.2, -0.15) is 0 Å². The molecular weight excluding hydrogens is 1350 g/mol. The summed E-state index contributed by atoms with van der Waals surface area (Å²) in [5, 5.41) is 0. The lowest BCUT2D eigenvalue weighted by atomic mass is 9.80. The highest BCUT2D eigenvalue weighted by molar-refractivity contribution is 5.71. The van der Waals surface area contributed by atoms with Crippen LogP contribution in [0.25, 0.3) is 67.1 Å². The molecule has 0 unspecified atom stereocenters. The van der Waals surface area contributed by atoms with Crippen molar-refractivity contribution in [1.82, 2.24) is 57.1 Å². The van der Waals surface area contributed by atoms with E-state index in [9.17, 15) is 0 Å². The first-order valence-electron chi connectivity index (χ1n) is 41.1. The number of nitrogens with zero attached hydrogens (tertiary/aromatic N) is 12. The fourth-order valence-corrected chi connectivity index (χ4v) is 21.7. The van der Waals surface area contributed by atoms with Crippen LogP contribution < -0.4 is 18.9 Å². The Balaban J connectivity index is 0.0000000951. The Bertz CT molecular complexity index is 4690. The van der Waals surface area contributed by atoms with Crippen LogP contribution in [0.1, 0.15) is 158 Å². The van der Waals surface area contributed by atoms with Crippen molar-refractivity contribution in [2.24, 2.45) is 0 Å². The largest absolute Gasteiger partial charge is 0.487 e. The second kappa shape index (κ2) is 28.2. The predicted molar refractivity (Wildman–Crippen MR) is 431 cm³/mol. The van der Waals surface area contributed by atoms with Crippen molar-refractivity contribution >= 4 is 22.6 Å². The number of rotatable bonds is 4. The summed E-state index contributed by atoms with van der Waals surface area (Å²) in [6.07, 6.45) is 54.1. The van der Waals surface area contributed by atoms with Gasteiger partial charge in [0.15, 0.2) is 0 Å². The van der Waals surface area contributed by atoms with Crippen molar-refractivity contribution in [2.45, 2.75) is 208 Å². The Hall–Kier alpha value is -9.32. The minimum Gasteiger partial charge on any atom is -0.487 e. The molecule has 0 aliphatic carbocycles. The lowest BCUT2D eigenvalue weighted by molar-refractivity contribution is -0.0252. The molecule has 0 saturated carbocycles. The van der Waals surface area contributed by atoms with Crippen molar-refractivity contribution in [1.29, 1.82) is 0 Å². The van der Waals surface area contributed by atoms with Crippen LogP contribution in [-0.4, -0.2) is 156 Å². The normalized spacial score (nSPS) is 27.2. The Kier molecular flexibility index (Phi) is 17.8. The summed E-state index contributed by atoms with van der Waals surface area (Å²) in [6, 6.07) is 46.8. The van der Waals surface area contributed by atoms with Gasteiger partial charge in [0.1, 0.15) is 68.0 Å². The van der Waals surface area contributed by atoms with E-state index in [1.807, 2.05) is 49.6 Å². The van der Waals surface area contributed by atoms with E-state index in [-0.39, 0.29) is 29.8 Å². The topological polar surface area (TPSA) is 119 Å². The number of ether oxygens (including phenoxy) is 4. The highest BCUT2D eigenvalue weighted by Crippen LogP contribution is 2.50. The SMILES string of the molecule is C.c1cn2cc(-c3ccc4c(c3)C[C@@]3(CCN5CCCC[C@@H]5C3)O4)ccc2n1.c1cn2cc(-c3ccc4c(c3)C[C@@]3(CCN5CCCC[C@H]5C3)O4)ccc2n1.c1cn2cc(-c3ccc4c(c3)C[C@]3(CCN5CCCC[C@@H]5C3)O4)ccc2n1.c1cn2cc(-c3ccc4c(c3)C[C@]3(CCN5CCCC[C@H]5C3)O4)ccc2n1. The third-order valence-electron chi connectivity index (χ3n) is 27.3. The number of pyridine rings is 4. The van der Waals surface area contributed by atoms with Gasteiger partial charge >= 0.3 is 0 Å². The van der Waals surface area contributed by atoms with Crippen molar-refractivity contribution in [3.63, 3.8) is 0 Å². The third kappa shape index (κ3) is 13.4. The molecule has 16 heteroatoms. The number of benzene rings is 4. The zero-order valence-corrected chi connectivity index (χ0v) is 62.4. The van der Waals surface area contributed by atoms with Crippen LogP contribution in [0.3, 0.4) is 0 Å². The van der Waals surface area contributed by atoms with Gasteiger partial charge in [-0.05, 0) is 241 Å². The van der Waals surface area contributed by atoms with Gasteiger partial charge in [-0.15, -0.1) is 0 Å². The summed E-state index contributed by atoms with van der Waals surface area (Å²) in [4.78, 5) is 28.2. The maximum atomic E-state index is 6.59. The molecule has 8 atom stereocenters. The van der Waals surface area contributed by atoms with Gasteiger partial charge in [0.05, 0.1) is 0 Å². The number of piperidine rings is 8. The zero-order valence-electron chi connectivity index (χ0n) is 62.4. The van der Waals surface area contributed by atoms with Crippen LogP contribution in [0.2, 0.25) is 0 Å². The van der Waals surface area contributed by atoms with Crippen molar-refractivity contribution in [3.05, 3.63) is 218 Å². The molecule has 4 aromatic carbocycles. The molecule has 8 aromatic heterocycles. The third-order valence-corrected chi connectivity index (χ3v) is 27.3. The van der Waals surface area contributed by atoms with Gasteiger partial charge in [-0.1, -0.05) is 57.4 Å². The van der Waals surface area contributed by atoms with Crippen molar-refractivity contribution in [3.8, 4) is 67.5 Å². The number of fused-ring (bicyclic) bond motifs is 12. The molecule has 8 saturated heterocycles. The molecular formula is C93H104N12O4. The monoisotopic (exact) mass is 1450 g/mol. The summed E-state index contributed by atoms with van der Waals surface area (Å²) in [6.45, 7) is 9.93. The molecule has 0 N–H and O–H groups in total.